The van der Waals surface area contributed by atoms with Crippen LogP contribution in [-0.4, -0.2) is 35.3 Å². The van der Waals surface area contributed by atoms with Crippen LogP contribution in [0.4, 0.5) is 0 Å². The highest BCUT2D eigenvalue weighted by molar-refractivity contribution is 6.20. The number of carbonyl (C=O) groups excluding carboxylic acids is 4. The first-order valence-electron chi connectivity index (χ1n) is 8.51. The molecule has 1 N–H and O–H groups in total. The van der Waals surface area contributed by atoms with Crippen LogP contribution >= 0.6 is 0 Å². The van der Waals surface area contributed by atoms with Crippen molar-refractivity contribution in [2.75, 3.05) is 6.54 Å². The summed E-state index contributed by atoms with van der Waals surface area (Å²) in [6.45, 7) is -0.378. The lowest BCUT2D eigenvalue weighted by atomic mass is 10.0. The molecule has 0 saturated heterocycles. The quantitative estimate of drug-likeness (QED) is 0.795. The summed E-state index contributed by atoms with van der Waals surface area (Å²) in [6, 6.07) is 6.24. The third-order valence-corrected chi connectivity index (χ3v) is 4.63. The van der Waals surface area contributed by atoms with Crippen molar-refractivity contribution in [1.82, 2.24) is 10.4 Å². The number of imide groups is 1. The third-order valence-electron chi connectivity index (χ3n) is 4.63. The lowest BCUT2D eigenvalue weighted by Gasteiger charge is -2.13. The Balaban J connectivity index is 1.44. The summed E-state index contributed by atoms with van der Waals surface area (Å²) in [5, 5.41) is 2.91. The number of hydrogen-bond acceptors (Lipinski definition) is 5. The van der Waals surface area contributed by atoms with Gasteiger partial charge in [0, 0.05) is 6.42 Å². The highest BCUT2D eigenvalue weighted by atomic mass is 16.7. The highest BCUT2D eigenvalue weighted by Crippen LogP contribution is 2.28. The highest BCUT2D eigenvalue weighted by Gasteiger charge is 2.38. The van der Waals surface area contributed by atoms with Crippen molar-refractivity contribution < 1.29 is 24.0 Å². The van der Waals surface area contributed by atoms with Crippen LogP contribution in [0.15, 0.2) is 24.3 Å². The summed E-state index contributed by atoms with van der Waals surface area (Å²) < 4.78 is 0. The lowest BCUT2D eigenvalue weighted by molar-refractivity contribution is -0.167. The fraction of sp³-hybridized carbons (Fsp3) is 0.444. The Hall–Kier alpha value is -2.70. The molecule has 25 heavy (non-hydrogen) atoms. The molecule has 0 unspecified atom stereocenters. The Morgan fingerprint density at radius 2 is 1.68 bits per heavy atom. The number of carbonyl (C=O) groups is 4. The molecule has 2 aliphatic rings. The smallest absolute Gasteiger partial charge is 0.345 e. The van der Waals surface area contributed by atoms with Crippen LogP contribution in [0.1, 0.15) is 59.2 Å². The molecule has 3 rings (SSSR count). The van der Waals surface area contributed by atoms with Crippen LogP contribution < -0.4 is 5.32 Å². The van der Waals surface area contributed by atoms with Gasteiger partial charge in [0.05, 0.1) is 11.1 Å². The van der Waals surface area contributed by atoms with E-state index in [4.69, 9.17) is 4.84 Å². The molecule has 0 spiro atoms. The van der Waals surface area contributed by atoms with E-state index in [1.54, 1.807) is 12.1 Å². The predicted octanol–water partition coefficient (Wildman–Crippen LogP) is 1.83. The largest absolute Gasteiger partial charge is 0.352 e. The second-order valence-corrected chi connectivity index (χ2v) is 6.38. The summed E-state index contributed by atoms with van der Waals surface area (Å²) in [7, 11) is 0. The minimum atomic E-state index is -0.858. The maximum absolute atomic E-state index is 12.1. The first-order valence-corrected chi connectivity index (χ1v) is 8.51. The number of benzene rings is 1. The molecule has 1 saturated carbocycles. The first-order chi connectivity index (χ1) is 12.1. The summed E-state index contributed by atoms with van der Waals surface area (Å²) >= 11 is 0. The molecule has 1 heterocycles. The second kappa shape index (κ2) is 7.46. The van der Waals surface area contributed by atoms with Gasteiger partial charge in [-0.3, -0.25) is 14.4 Å². The number of fused-ring (bicyclic) bond motifs is 1. The van der Waals surface area contributed by atoms with E-state index in [2.05, 4.69) is 5.32 Å². The van der Waals surface area contributed by atoms with E-state index >= 15 is 0 Å². The molecule has 0 atom stereocenters. The van der Waals surface area contributed by atoms with Gasteiger partial charge in [-0.05, 0) is 24.5 Å². The molecule has 0 bridgehead atoms. The Bertz CT molecular complexity index is 674. The van der Waals surface area contributed by atoms with E-state index in [0.29, 0.717) is 17.4 Å². The number of hydroxylamine groups is 2. The molecule has 7 heteroatoms. The number of rotatable bonds is 6. The van der Waals surface area contributed by atoms with E-state index in [-0.39, 0.29) is 23.6 Å². The van der Waals surface area contributed by atoms with Crippen molar-refractivity contribution in [2.45, 2.75) is 38.5 Å². The summed E-state index contributed by atoms with van der Waals surface area (Å²) in [5.41, 5.74) is 0.391. The van der Waals surface area contributed by atoms with Gasteiger partial charge in [0.25, 0.3) is 11.8 Å². The van der Waals surface area contributed by atoms with Crippen molar-refractivity contribution in [3.05, 3.63) is 35.4 Å². The topological polar surface area (TPSA) is 92.8 Å². The Labute approximate surface area is 145 Å². The zero-order valence-electron chi connectivity index (χ0n) is 13.8. The van der Waals surface area contributed by atoms with Gasteiger partial charge in [0.2, 0.25) is 5.91 Å². The fourth-order valence-electron chi connectivity index (χ4n) is 3.28. The van der Waals surface area contributed by atoms with E-state index in [0.717, 1.165) is 19.3 Å². The maximum Gasteiger partial charge on any atom is 0.352 e. The van der Waals surface area contributed by atoms with E-state index < -0.39 is 17.8 Å². The molecular formula is C18H20N2O5. The minimum absolute atomic E-state index is 0.195. The maximum atomic E-state index is 12.1. The number of amides is 3. The Morgan fingerprint density at radius 1 is 1.08 bits per heavy atom. The van der Waals surface area contributed by atoms with E-state index in [1.807, 2.05) is 0 Å². The van der Waals surface area contributed by atoms with Gasteiger partial charge in [-0.1, -0.05) is 42.9 Å². The molecular weight excluding hydrogens is 324 g/mol. The first kappa shape index (κ1) is 17.1. The Morgan fingerprint density at radius 3 is 2.28 bits per heavy atom. The van der Waals surface area contributed by atoms with Crippen LogP contribution in [0.25, 0.3) is 0 Å². The standard InChI is InChI=1S/C18H20N2O5/c21-15(10-9-12-5-1-2-6-12)19-11-16(22)25-20-17(23)13-7-3-4-8-14(13)18(20)24/h3-4,7-8,12H,1-2,5-6,9-11H2,(H,19,21). The number of nitrogens with one attached hydrogen (secondary N) is 1. The molecule has 0 radical (unpaired) electrons. The van der Waals surface area contributed by atoms with Crippen molar-refractivity contribution >= 4 is 23.7 Å². The van der Waals surface area contributed by atoms with Gasteiger partial charge >= 0.3 is 5.97 Å². The van der Waals surface area contributed by atoms with Crippen molar-refractivity contribution in [1.29, 1.82) is 0 Å². The fourth-order valence-corrected chi connectivity index (χ4v) is 3.28. The molecule has 3 amide bonds. The summed E-state index contributed by atoms with van der Waals surface area (Å²) in [5.74, 6) is -1.85. The molecule has 1 aromatic rings. The molecule has 132 valence electrons. The third kappa shape index (κ3) is 3.87. The van der Waals surface area contributed by atoms with Crippen molar-refractivity contribution in [3.63, 3.8) is 0 Å². The number of nitrogens with zero attached hydrogens (tertiary/aromatic N) is 1. The molecule has 1 aliphatic heterocycles. The number of hydrogen-bond donors (Lipinski definition) is 1. The lowest BCUT2D eigenvalue weighted by Crippen LogP contribution is -2.38. The average molecular weight is 344 g/mol. The van der Waals surface area contributed by atoms with Gasteiger partial charge in [0.1, 0.15) is 6.54 Å². The van der Waals surface area contributed by atoms with Gasteiger partial charge in [0.15, 0.2) is 0 Å². The minimum Gasteiger partial charge on any atom is -0.345 e. The van der Waals surface area contributed by atoms with Gasteiger partial charge < -0.3 is 10.2 Å². The Kier molecular flexibility index (Phi) is 5.11. The zero-order chi connectivity index (χ0) is 17.8. The summed E-state index contributed by atoms with van der Waals surface area (Å²) in [4.78, 5) is 52.6. The molecule has 0 aromatic heterocycles. The molecule has 1 aromatic carbocycles. The predicted molar refractivity (Wildman–Crippen MR) is 87.2 cm³/mol. The zero-order valence-corrected chi connectivity index (χ0v) is 13.8. The average Bonchev–Trinajstić information content (AvgIpc) is 3.22. The molecule has 7 nitrogen and oxygen atoms in total. The molecule has 1 fully saturated rings. The van der Waals surface area contributed by atoms with Gasteiger partial charge in [-0.15, -0.1) is 0 Å². The SMILES string of the molecule is O=C(CCC1CCCC1)NCC(=O)ON1C(=O)c2ccccc2C1=O. The van der Waals surface area contributed by atoms with Crippen LogP contribution in [0, 0.1) is 5.92 Å². The van der Waals surface area contributed by atoms with Gasteiger partial charge in [-0.25, -0.2) is 4.79 Å². The van der Waals surface area contributed by atoms with Crippen LogP contribution in [0.3, 0.4) is 0 Å². The monoisotopic (exact) mass is 344 g/mol. The van der Waals surface area contributed by atoms with E-state index in [9.17, 15) is 19.2 Å². The summed E-state index contributed by atoms with van der Waals surface area (Å²) in [6.07, 6.45) is 5.95. The normalized spacial score (nSPS) is 16.9. The van der Waals surface area contributed by atoms with E-state index in [1.165, 1.54) is 25.0 Å². The second-order valence-electron chi connectivity index (χ2n) is 6.38. The molecule has 1 aliphatic carbocycles. The van der Waals surface area contributed by atoms with Gasteiger partial charge in [-0.2, -0.15) is 0 Å². The van der Waals surface area contributed by atoms with Crippen LogP contribution in [-0.2, 0) is 14.4 Å². The van der Waals surface area contributed by atoms with Crippen LogP contribution in [0.2, 0.25) is 0 Å². The van der Waals surface area contributed by atoms with Crippen molar-refractivity contribution in [2.24, 2.45) is 5.92 Å². The van der Waals surface area contributed by atoms with Crippen molar-refractivity contribution in [3.8, 4) is 0 Å². The van der Waals surface area contributed by atoms with Crippen LogP contribution in [0.5, 0.6) is 0 Å².